The molecule has 2 amide bonds. The topological polar surface area (TPSA) is 98.3 Å². The summed E-state index contributed by atoms with van der Waals surface area (Å²) in [5.41, 5.74) is 5.10. The van der Waals surface area contributed by atoms with Gasteiger partial charge in [-0.3, -0.25) is 4.68 Å². The molecule has 5 rings (SSSR count). The Labute approximate surface area is 204 Å². The molecule has 1 unspecified atom stereocenters. The van der Waals surface area contributed by atoms with Crippen molar-refractivity contribution in [2.24, 2.45) is 0 Å². The molecule has 2 aliphatic heterocycles. The molecule has 2 atom stereocenters. The van der Waals surface area contributed by atoms with Crippen LogP contribution in [-0.2, 0) is 23.1 Å². The van der Waals surface area contributed by atoms with Gasteiger partial charge in [-0.25, -0.2) is 14.2 Å². The van der Waals surface area contributed by atoms with E-state index in [9.17, 15) is 22.4 Å². The number of urea groups is 1. The van der Waals surface area contributed by atoms with Gasteiger partial charge in [0.15, 0.2) is 0 Å². The molecule has 4 heterocycles. The minimum atomic E-state index is -4.64. The van der Waals surface area contributed by atoms with Gasteiger partial charge in [0.25, 0.3) is 0 Å². The second kappa shape index (κ2) is 8.77. The molecule has 0 aliphatic carbocycles. The van der Waals surface area contributed by atoms with Gasteiger partial charge in [0.2, 0.25) is 0 Å². The third-order valence-electron chi connectivity index (χ3n) is 6.68. The maximum absolute atomic E-state index is 14.1. The molecule has 12 heteroatoms. The molecule has 0 radical (unpaired) electrons. The fourth-order valence-electron chi connectivity index (χ4n) is 4.80. The molecular weight excluding hydrogens is 480 g/mol. The fraction of sp³-hybridized carbons (Fsp3) is 0.375. The third-order valence-corrected chi connectivity index (χ3v) is 6.68. The summed E-state index contributed by atoms with van der Waals surface area (Å²) in [5.74, 6) is -1.00. The summed E-state index contributed by atoms with van der Waals surface area (Å²) in [6.07, 6.45) is -2.91. The van der Waals surface area contributed by atoms with Crippen LogP contribution in [0.3, 0.4) is 0 Å². The zero-order valence-corrected chi connectivity index (χ0v) is 19.3. The van der Waals surface area contributed by atoms with Crippen molar-refractivity contribution in [2.75, 3.05) is 25.4 Å². The van der Waals surface area contributed by atoms with Crippen molar-refractivity contribution >= 4 is 11.8 Å². The van der Waals surface area contributed by atoms with E-state index in [1.807, 2.05) is 0 Å². The monoisotopic (exact) mass is 504 g/mol. The summed E-state index contributed by atoms with van der Waals surface area (Å²) in [5, 5.41) is 7.31. The van der Waals surface area contributed by atoms with E-state index in [1.54, 1.807) is 40.8 Å². The van der Waals surface area contributed by atoms with E-state index < -0.39 is 35.0 Å². The van der Waals surface area contributed by atoms with Gasteiger partial charge < -0.3 is 20.7 Å². The number of hydrogen-bond donors (Lipinski definition) is 2. The van der Waals surface area contributed by atoms with Gasteiger partial charge in [-0.15, -0.1) is 0 Å². The van der Waals surface area contributed by atoms with Gasteiger partial charge in [-0.2, -0.15) is 18.3 Å². The number of ether oxygens (including phenoxy) is 1. The second-order valence-electron chi connectivity index (χ2n) is 9.00. The van der Waals surface area contributed by atoms with Crippen LogP contribution in [-0.4, -0.2) is 45.4 Å². The van der Waals surface area contributed by atoms with Crippen LogP contribution in [0.4, 0.5) is 28.2 Å². The average molecular weight is 504 g/mol. The predicted molar refractivity (Wildman–Crippen MR) is 122 cm³/mol. The Morgan fingerprint density at radius 3 is 2.78 bits per heavy atom. The van der Waals surface area contributed by atoms with Crippen molar-refractivity contribution in [2.45, 2.75) is 37.7 Å². The highest BCUT2D eigenvalue weighted by Gasteiger charge is 2.47. The zero-order chi connectivity index (χ0) is 25.7. The number of hydrogen-bond acceptors (Lipinski definition) is 5. The van der Waals surface area contributed by atoms with Crippen molar-refractivity contribution in [3.05, 3.63) is 65.2 Å². The lowest BCUT2D eigenvalue weighted by atomic mass is 9.96. The molecule has 0 saturated carbocycles. The number of nitrogen functional groups attached to an aromatic ring is 1. The summed E-state index contributed by atoms with van der Waals surface area (Å²) in [4.78, 5) is 18.2. The van der Waals surface area contributed by atoms with Crippen LogP contribution < -0.4 is 11.1 Å². The lowest BCUT2D eigenvalue weighted by Crippen LogP contribution is -2.44. The number of nitrogens with two attached hydrogens (primary N) is 1. The van der Waals surface area contributed by atoms with Crippen molar-refractivity contribution in [1.82, 2.24) is 25.0 Å². The number of aromatic nitrogens is 3. The highest BCUT2D eigenvalue weighted by molar-refractivity contribution is 5.75. The highest BCUT2D eigenvalue weighted by Crippen LogP contribution is 2.41. The SMILES string of the molecule is C[C@@H](NC(=O)N1CCC2(C1)OCCn1nc(-c3cnc(N)c(C(F)(F)F)c3)cc12)c1ccccc1F. The molecule has 1 spiro atoms. The normalized spacial score (nSPS) is 20.4. The van der Waals surface area contributed by atoms with Crippen LogP contribution >= 0.6 is 0 Å². The molecule has 2 aromatic heterocycles. The number of amides is 2. The molecular formula is C24H24F4N6O2. The largest absolute Gasteiger partial charge is 0.419 e. The second-order valence-corrected chi connectivity index (χ2v) is 9.00. The van der Waals surface area contributed by atoms with Crippen LogP contribution in [0.1, 0.15) is 36.2 Å². The van der Waals surface area contributed by atoms with Gasteiger partial charge in [0.05, 0.1) is 42.7 Å². The molecule has 3 aromatic rings. The van der Waals surface area contributed by atoms with Gasteiger partial charge in [-0.05, 0) is 25.1 Å². The molecule has 2 aliphatic rings. The van der Waals surface area contributed by atoms with Crippen LogP contribution in [0.15, 0.2) is 42.6 Å². The number of pyridine rings is 1. The Bertz CT molecular complexity index is 1310. The number of halogens is 4. The van der Waals surface area contributed by atoms with Crippen LogP contribution in [0, 0.1) is 5.82 Å². The van der Waals surface area contributed by atoms with Crippen LogP contribution in [0.2, 0.25) is 0 Å². The number of benzene rings is 1. The van der Waals surface area contributed by atoms with Gasteiger partial charge in [-0.1, -0.05) is 18.2 Å². The van der Waals surface area contributed by atoms with Crippen molar-refractivity contribution in [1.29, 1.82) is 0 Å². The molecule has 0 bridgehead atoms. The number of alkyl halides is 3. The number of nitrogens with zero attached hydrogens (tertiary/aromatic N) is 4. The fourth-order valence-corrected chi connectivity index (χ4v) is 4.80. The van der Waals surface area contributed by atoms with Crippen LogP contribution in [0.25, 0.3) is 11.3 Å². The van der Waals surface area contributed by atoms with E-state index in [4.69, 9.17) is 10.5 Å². The summed E-state index contributed by atoms with van der Waals surface area (Å²) in [6.45, 7) is 3.07. The minimum absolute atomic E-state index is 0.180. The number of nitrogens with one attached hydrogen (secondary N) is 1. The van der Waals surface area contributed by atoms with E-state index in [0.717, 1.165) is 6.07 Å². The number of carbonyl (C=O) groups is 1. The van der Waals surface area contributed by atoms with Crippen molar-refractivity contribution in [3.8, 4) is 11.3 Å². The van der Waals surface area contributed by atoms with E-state index in [-0.39, 0.29) is 18.1 Å². The number of rotatable bonds is 3. The average Bonchev–Trinajstić information content (AvgIpc) is 3.45. The summed E-state index contributed by atoms with van der Waals surface area (Å²) in [6, 6.07) is 7.95. The van der Waals surface area contributed by atoms with E-state index in [1.165, 1.54) is 12.3 Å². The third kappa shape index (κ3) is 4.25. The molecule has 1 aromatic carbocycles. The summed E-state index contributed by atoms with van der Waals surface area (Å²) in [7, 11) is 0. The number of fused-ring (bicyclic) bond motifs is 2. The summed E-state index contributed by atoms with van der Waals surface area (Å²) >= 11 is 0. The Balaban J connectivity index is 1.37. The molecule has 1 saturated heterocycles. The first kappa shape index (κ1) is 24.0. The van der Waals surface area contributed by atoms with E-state index in [0.29, 0.717) is 43.1 Å². The van der Waals surface area contributed by atoms with Crippen molar-refractivity contribution in [3.63, 3.8) is 0 Å². The lowest BCUT2D eigenvalue weighted by Gasteiger charge is -2.34. The molecule has 8 nitrogen and oxygen atoms in total. The Kier molecular flexibility index (Phi) is 5.86. The highest BCUT2D eigenvalue weighted by atomic mass is 19.4. The predicted octanol–water partition coefficient (Wildman–Crippen LogP) is 4.09. The lowest BCUT2D eigenvalue weighted by molar-refractivity contribution is -0.137. The first-order chi connectivity index (χ1) is 17.1. The Hall–Kier alpha value is -3.67. The van der Waals surface area contributed by atoms with Gasteiger partial charge in [0.1, 0.15) is 17.2 Å². The maximum atomic E-state index is 14.1. The number of likely N-dealkylation sites (tertiary alicyclic amines) is 1. The number of carbonyl (C=O) groups excluding carboxylic acids is 1. The molecule has 190 valence electrons. The quantitative estimate of drug-likeness (QED) is 0.524. The molecule has 36 heavy (non-hydrogen) atoms. The zero-order valence-electron chi connectivity index (χ0n) is 19.3. The van der Waals surface area contributed by atoms with Gasteiger partial charge in [0, 0.05) is 30.3 Å². The minimum Gasteiger partial charge on any atom is -0.383 e. The Morgan fingerprint density at radius 2 is 2.03 bits per heavy atom. The first-order valence-electron chi connectivity index (χ1n) is 11.4. The van der Waals surface area contributed by atoms with E-state index in [2.05, 4.69) is 15.4 Å². The van der Waals surface area contributed by atoms with Crippen molar-refractivity contribution < 1.29 is 27.1 Å². The number of anilines is 1. The van der Waals surface area contributed by atoms with E-state index >= 15 is 0 Å². The van der Waals surface area contributed by atoms with Gasteiger partial charge >= 0.3 is 12.2 Å². The smallest absolute Gasteiger partial charge is 0.383 e. The summed E-state index contributed by atoms with van der Waals surface area (Å²) < 4.78 is 61.9. The maximum Gasteiger partial charge on any atom is 0.419 e. The molecule has 1 fully saturated rings. The standard InChI is InChI=1S/C24H24F4N6O2/c1-14(16-4-2-3-5-18(16)25)31-22(35)33-7-6-23(13-33)20-11-19(32-34(20)8-9-36-23)15-10-17(24(26,27)28)21(29)30-12-15/h2-5,10-12,14H,6-9,13H2,1H3,(H2,29,30)(H,31,35)/t14-,23?/m1/s1. The van der Waals surface area contributed by atoms with Crippen LogP contribution in [0.5, 0.6) is 0 Å². The molecule has 3 N–H and O–H groups in total. The Morgan fingerprint density at radius 1 is 1.25 bits per heavy atom. The first-order valence-corrected chi connectivity index (χ1v) is 11.4.